The van der Waals surface area contributed by atoms with E-state index in [4.69, 9.17) is 4.74 Å². The summed E-state index contributed by atoms with van der Waals surface area (Å²) in [4.78, 5) is 25.8. The van der Waals surface area contributed by atoms with Crippen LogP contribution in [0, 0.1) is 0 Å². The molecule has 1 heterocycles. The van der Waals surface area contributed by atoms with Gasteiger partial charge in [-0.15, -0.1) is 0 Å². The van der Waals surface area contributed by atoms with Gasteiger partial charge in [-0.2, -0.15) is 0 Å². The molecule has 5 heteroatoms. The summed E-state index contributed by atoms with van der Waals surface area (Å²) in [5, 5.41) is 1.79. The van der Waals surface area contributed by atoms with E-state index in [0.717, 1.165) is 33.8 Å². The predicted molar refractivity (Wildman–Crippen MR) is 93.5 cm³/mol. The van der Waals surface area contributed by atoms with Gasteiger partial charge in [-0.3, -0.25) is 14.5 Å². The van der Waals surface area contributed by atoms with Crippen LogP contribution in [0.1, 0.15) is 19.4 Å². The maximum Gasteiger partial charge on any atom is 0.293 e. The molecule has 1 aliphatic rings. The van der Waals surface area contributed by atoms with Gasteiger partial charge >= 0.3 is 0 Å². The first-order valence-corrected chi connectivity index (χ1v) is 8.37. The SMILES string of the molecule is CCOc1ccc(/C=C2/SC(=O)N(CC)C2=O)c2ccccc12. The molecular formula is C18H17NO3S. The van der Waals surface area contributed by atoms with Crippen molar-refractivity contribution < 1.29 is 14.3 Å². The predicted octanol–water partition coefficient (Wildman–Crippen LogP) is 4.29. The first-order valence-electron chi connectivity index (χ1n) is 7.55. The van der Waals surface area contributed by atoms with Gasteiger partial charge in [0, 0.05) is 11.9 Å². The third-order valence-corrected chi connectivity index (χ3v) is 4.60. The Labute approximate surface area is 139 Å². The summed E-state index contributed by atoms with van der Waals surface area (Å²) in [7, 11) is 0. The maximum absolute atomic E-state index is 12.2. The van der Waals surface area contributed by atoms with Gasteiger partial charge < -0.3 is 4.74 Å². The summed E-state index contributed by atoms with van der Waals surface area (Å²) < 4.78 is 5.66. The fourth-order valence-electron chi connectivity index (χ4n) is 2.62. The highest BCUT2D eigenvalue weighted by Gasteiger charge is 2.33. The number of nitrogens with zero attached hydrogens (tertiary/aromatic N) is 1. The average Bonchev–Trinajstić information content (AvgIpc) is 2.83. The number of benzene rings is 2. The number of imide groups is 1. The van der Waals surface area contributed by atoms with Crippen molar-refractivity contribution >= 4 is 39.8 Å². The highest BCUT2D eigenvalue weighted by atomic mass is 32.2. The number of hydrogen-bond acceptors (Lipinski definition) is 4. The van der Waals surface area contributed by atoms with Gasteiger partial charge in [0.05, 0.1) is 11.5 Å². The molecule has 0 saturated carbocycles. The molecule has 0 aliphatic carbocycles. The molecule has 2 aromatic rings. The van der Waals surface area contributed by atoms with E-state index in [1.165, 1.54) is 4.90 Å². The number of amides is 2. The normalized spacial score (nSPS) is 16.6. The van der Waals surface area contributed by atoms with Gasteiger partial charge in [-0.25, -0.2) is 0 Å². The van der Waals surface area contributed by atoms with Crippen molar-refractivity contribution in [1.29, 1.82) is 0 Å². The van der Waals surface area contributed by atoms with Crippen LogP contribution < -0.4 is 4.74 Å². The van der Waals surface area contributed by atoms with Crippen LogP contribution in [0.4, 0.5) is 4.79 Å². The molecule has 2 amide bonds. The van der Waals surface area contributed by atoms with Crippen molar-refractivity contribution in [3.05, 3.63) is 46.9 Å². The number of hydrogen-bond donors (Lipinski definition) is 0. The zero-order valence-corrected chi connectivity index (χ0v) is 13.9. The van der Waals surface area contributed by atoms with Crippen LogP contribution in [0.5, 0.6) is 5.75 Å². The summed E-state index contributed by atoms with van der Waals surface area (Å²) in [6, 6.07) is 11.7. The van der Waals surface area contributed by atoms with Crippen LogP contribution in [0.15, 0.2) is 41.3 Å². The topological polar surface area (TPSA) is 46.6 Å². The van der Waals surface area contributed by atoms with Gasteiger partial charge in [0.25, 0.3) is 11.1 Å². The molecule has 3 rings (SSSR count). The second-order valence-electron chi connectivity index (χ2n) is 5.06. The Balaban J connectivity index is 2.08. The number of carbonyl (C=O) groups excluding carboxylic acids is 2. The molecule has 0 N–H and O–H groups in total. The van der Waals surface area contributed by atoms with Crippen molar-refractivity contribution in [3.8, 4) is 5.75 Å². The minimum Gasteiger partial charge on any atom is -0.493 e. The van der Waals surface area contributed by atoms with Gasteiger partial charge in [0.1, 0.15) is 5.75 Å². The second kappa shape index (κ2) is 6.46. The largest absolute Gasteiger partial charge is 0.493 e. The molecule has 118 valence electrons. The first-order chi connectivity index (χ1) is 11.2. The fraction of sp³-hybridized carbons (Fsp3) is 0.222. The Kier molecular flexibility index (Phi) is 4.39. The molecule has 1 saturated heterocycles. The number of fused-ring (bicyclic) bond motifs is 1. The minimum absolute atomic E-state index is 0.209. The van der Waals surface area contributed by atoms with Crippen LogP contribution in [-0.4, -0.2) is 29.2 Å². The molecule has 1 aliphatic heterocycles. The lowest BCUT2D eigenvalue weighted by atomic mass is 10.0. The van der Waals surface area contributed by atoms with Gasteiger partial charge in [-0.05, 0) is 48.7 Å². The van der Waals surface area contributed by atoms with Crippen LogP contribution >= 0.6 is 11.8 Å². The molecule has 0 aromatic heterocycles. The average molecular weight is 327 g/mol. The number of rotatable bonds is 4. The second-order valence-corrected chi connectivity index (χ2v) is 6.05. The molecule has 0 bridgehead atoms. The van der Waals surface area contributed by atoms with E-state index in [9.17, 15) is 9.59 Å². The van der Waals surface area contributed by atoms with E-state index in [0.29, 0.717) is 18.1 Å². The van der Waals surface area contributed by atoms with Crippen molar-refractivity contribution in [3.63, 3.8) is 0 Å². The zero-order chi connectivity index (χ0) is 16.4. The monoisotopic (exact) mass is 327 g/mol. The molecule has 1 fully saturated rings. The van der Waals surface area contributed by atoms with E-state index >= 15 is 0 Å². The molecule has 0 spiro atoms. The summed E-state index contributed by atoms with van der Waals surface area (Å²) >= 11 is 0.992. The van der Waals surface area contributed by atoms with Crippen molar-refractivity contribution in [2.75, 3.05) is 13.2 Å². The van der Waals surface area contributed by atoms with E-state index < -0.39 is 0 Å². The van der Waals surface area contributed by atoms with E-state index in [1.54, 1.807) is 13.0 Å². The molecule has 23 heavy (non-hydrogen) atoms. The summed E-state index contributed by atoms with van der Waals surface area (Å²) in [6.45, 7) is 4.74. The van der Waals surface area contributed by atoms with E-state index in [2.05, 4.69) is 0 Å². The highest BCUT2D eigenvalue weighted by Crippen LogP contribution is 2.35. The van der Waals surface area contributed by atoms with Crippen LogP contribution in [0.3, 0.4) is 0 Å². The summed E-state index contributed by atoms with van der Waals surface area (Å²) in [5.74, 6) is 0.599. The molecule has 4 nitrogen and oxygen atoms in total. The third-order valence-electron chi connectivity index (χ3n) is 3.69. The summed E-state index contributed by atoms with van der Waals surface area (Å²) in [6.07, 6.45) is 1.79. The lowest BCUT2D eigenvalue weighted by Crippen LogP contribution is -2.27. The van der Waals surface area contributed by atoms with Crippen molar-refractivity contribution in [1.82, 2.24) is 4.90 Å². The highest BCUT2D eigenvalue weighted by molar-refractivity contribution is 8.18. The van der Waals surface area contributed by atoms with Crippen LogP contribution in [0.25, 0.3) is 16.8 Å². The number of likely N-dealkylation sites (N-methyl/N-ethyl adjacent to an activating group) is 1. The van der Waals surface area contributed by atoms with Gasteiger partial charge in [-0.1, -0.05) is 30.3 Å². The standard InChI is InChI=1S/C18H17NO3S/c1-3-19-17(20)16(23-18(19)21)11-12-9-10-15(22-4-2)14-8-6-5-7-13(12)14/h5-11H,3-4H2,1-2H3/b16-11+. The Morgan fingerprint density at radius 3 is 2.48 bits per heavy atom. The Bertz CT molecular complexity index is 813. The Morgan fingerprint density at radius 1 is 1.09 bits per heavy atom. The lowest BCUT2D eigenvalue weighted by molar-refractivity contribution is -0.122. The lowest BCUT2D eigenvalue weighted by Gasteiger charge is -2.10. The smallest absolute Gasteiger partial charge is 0.293 e. The minimum atomic E-state index is -0.222. The van der Waals surface area contributed by atoms with Gasteiger partial charge in [0.15, 0.2) is 0 Å². The maximum atomic E-state index is 12.2. The number of thioether (sulfide) groups is 1. The molecular weight excluding hydrogens is 310 g/mol. The Morgan fingerprint density at radius 2 is 1.83 bits per heavy atom. The van der Waals surface area contributed by atoms with Crippen LogP contribution in [-0.2, 0) is 4.79 Å². The van der Waals surface area contributed by atoms with Crippen LogP contribution in [0.2, 0.25) is 0 Å². The fourth-order valence-corrected chi connectivity index (χ4v) is 3.51. The van der Waals surface area contributed by atoms with Crippen molar-refractivity contribution in [2.45, 2.75) is 13.8 Å². The summed E-state index contributed by atoms with van der Waals surface area (Å²) in [5.41, 5.74) is 0.908. The molecule has 2 aromatic carbocycles. The first kappa shape index (κ1) is 15.6. The molecule has 0 unspecified atom stereocenters. The van der Waals surface area contributed by atoms with Gasteiger partial charge in [0.2, 0.25) is 0 Å². The quantitative estimate of drug-likeness (QED) is 0.786. The number of ether oxygens (including phenoxy) is 1. The van der Waals surface area contributed by atoms with E-state index in [1.807, 2.05) is 43.3 Å². The number of carbonyl (C=O) groups is 2. The third kappa shape index (κ3) is 2.84. The Hall–Kier alpha value is -2.27. The van der Waals surface area contributed by atoms with Crippen molar-refractivity contribution in [2.24, 2.45) is 0 Å². The molecule has 0 radical (unpaired) electrons. The van der Waals surface area contributed by atoms with E-state index in [-0.39, 0.29) is 11.1 Å². The zero-order valence-electron chi connectivity index (χ0n) is 13.0. The molecule has 0 atom stereocenters.